The van der Waals surface area contributed by atoms with E-state index in [-0.39, 0.29) is 11.2 Å². The molecule has 2 aliphatic carbocycles. The molecule has 2 aromatic heterocycles. The Morgan fingerprint density at radius 2 is 2.35 bits per heavy atom. The molecule has 5 nitrogen and oxygen atoms in total. The molecule has 0 unspecified atom stereocenters. The molecule has 86 valence electrons. The van der Waals surface area contributed by atoms with Crippen LogP contribution in [0.4, 0.5) is 0 Å². The molecule has 2 aliphatic rings. The maximum absolute atomic E-state index is 11.1. The van der Waals surface area contributed by atoms with Crippen molar-refractivity contribution >= 4 is 5.91 Å². The third-order valence-corrected chi connectivity index (χ3v) is 3.88. The highest BCUT2D eigenvalue weighted by molar-refractivity contribution is 5.92. The van der Waals surface area contributed by atoms with Crippen LogP contribution < -0.4 is 5.73 Å². The standard InChI is InChI=1S/C12H11N3O2/c13-11(16)8-3-6-9(17-8)4-12(1-2-12)7-5-14-15-10(6)7/h3,5H,1-2,4H2,(H2,13,16)(H,14,15). The van der Waals surface area contributed by atoms with E-state index in [1.165, 1.54) is 5.56 Å². The van der Waals surface area contributed by atoms with Gasteiger partial charge in [0.2, 0.25) is 0 Å². The van der Waals surface area contributed by atoms with Crippen molar-refractivity contribution < 1.29 is 9.21 Å². The van der Waals surface area contributed by atoms with E-state index in [1.54, 1.807) is 6.07 Å². The Labute approximate surface area is 97.0 Å². The quantitative estimate of drug-likeness (QED) is 0.774. The molecule has 1 saturated carbocycles. The second-order valence-electron chi connectivity index (χ2n) is 4.93. The predicted molar refractivity (Wildman–Crippen MR) is 59.4 cm³/mol. The van der Waals surface area contributed by atoms with Gasteiger partial charge in [-0.1, -0.05) is 0 Å². The van der Waals surface area contributed by atoms with Crippen molar-refractivity contribution in [3.8, 4) is 11.3 Å². The first-order valence-electron chi connectivity index (χ1n) is 5.66. The number of primary amides is 1. The molecule has 0 bridgehead atoms. The second-order valence-corrected chi connectivity index (χ2v) is 4.93. The van der Waals surface area contributed by atoms with Crippen molar-refractivity contribution in [2.45, 2.75) is 24.7 Å². The first-order chi connectivity index (χ1) is 8.20. The van der Waals surface area contributed by atoms with Gasteiger partial charge in [-0.05, 0) is 18.9 Å². The molecule has 0 radical (unpaired) electrons. The lowest BCUT2D eigenvalue weighted by Gasteiger charge is -2.19. The lowest BCUT2D eigenvalue weighted by molar-refractivity contribution is 0.0972. The highest BCUT2D eigenvalue weighted by atomic mass is 16.4. The SMILES string of the molecule is NC(=O)c1cc2c(o1)CC1(CC1)c1cn[nH]c1-2. The largest absolute Gasteiger partial charge is 0.455 e. The maximum Gasteiger partial charge on any atom is 0.284 e. The summed E-state index contributed by atoms with van der Waals surface area (Å²) >= 11 is 0. The number of hydrogen-bond acceptors (Lipinski definition) is 3. The Hall–Kier alpha value is -2.04. The number of hydrogen-bond donors (Lipinski definition) is 2. The molecule has 1 fully saturated rings. The van der Waals surface area contributed by atoms with E-state index in [0.717, 1.165) is 36.3 Å². The van der Waals surface area contributed by atoms with E-state index in [2.05, 4.69) is 10.2 Å². The molecule has 17 heavy (non-hydrogen) atoms. The summed E-state index contributed by atoms with van der Waals surface area (Å²) in [5.74, 6) is 0.562. The molecule has 1 amide bonds. The molecular weight excluding hydrogens is 218 g/mol. The zero-order valence-corrected chi connectivity index (χ0v) is 9.12. The highest BCUT2D eigenvalue weighted by Crippen LogP contribution is 2.56. The monoisotopic (exact) mass is 229 g/mol. The lowest BCUT2D eigenvalue weighted by atomic mass is 9.84. The molecule has 0 atom stereocenters. The van der Waals surface area contributed by atoms with E-state index < -0.39 is 5.91 Å². The fourth-order valence-electron chi connectivity index (χ4n) is 2.79. The minimum Gasteiger partial charge on any atom is -0.455 e. The minimum absolute atomic E-state index is 0.197. The second kappa shape index (κ2) is 2.61. The average Bonchev–Trinajstić information content (AvgIpc) is 2.77. The Balaban J connectivity index is 1.96. The zero-order chi connectivity index (χ0) is 11.6. The van der Waals surface area contributed by atoms with Crippen LogP contribution in [0.3, 0.4) is 0 Å². The van der Waals surface area contributed by atoms with Crippen molar-refractivity contribution in [2.75, 3.05) is 0 Å². The number of furan rings is 1. The fraction of sp³-hybridized carbons (Fsp3) is 0.333. The van der Waals surface area contributed by atoms with Gasteiger partial charge in [0.1, 0.15) is 5.76 Å². The number of carbonyl (C=O) groups excluding carboxylic acids is 1. The summed E-state index contributed by atoms with van der Waals surface area (Å²) in [7, 11) is 0. The van der Waals surface area contributed by atoms with Crippen LogP contribution in [0, 0.1) is 0 Å². The molecule has 1 spiro atoms. The van der Waals surface area contributed by atoms with Gasteiger partial charge in [-0.2, -0.15) is 5.10 Å². The third kappa shape index (κ3) is 1.03. The van der Waals surface area contributed by atoms with Gasteiger partial charge in [-0.3, -0.25) is 9.89 Å². The van der Waals surface area contributed by atoms with Crippen molar-refractivity contribution in [3.63, 3.8) is 0 Å². The molecular formula is C12H11N3O2. The molecule has 2 heterocycles. The van der Waals surface area contributed by atoms with Gasteiger partial charge < -0.3 is 10.2 Å². The van der Waals surface area contributed by atoms with Crippen molar-refractivity contribution in [2.24, 2.45) is 5.73 Å². The normalized spacial score (nSPS) is 18.8. The number of aromatic amines is 1. The molecule has 3 N–H and O–H groups in total. The van der Waals surface area contributed by atoms with Crippen LogP contribution in [0.1, 0.15) is 34.7 Å². The number of nitrogens with two attached hydrogens (primary N) is 1. The third-order valence-electron chi connectivity index (χ3n) is 3.88. The van der Waals surface area contributed by atoms with Gasteiger partial charge in [0.25, 0.3) is 5.91 Å². The molecule has 0 aliphatic heterocycles. The number of amides is 1. The van der Waals surface area contributed by atoms with Gasteiger partial charge in [-0.15, -0.1) is 0 Å². The molecule has 0 aromatic carbocycles. The van der Waals surface area contributed by atoms with Crippen molar-refractivity contribution in [1.29, 1.82) is 0 Å². The average molecular weight is 229 g/mol. The number of carbonyl (C=O) groups is 1. The summed E-state index contributed by atoms with van der Waals surface area (Å²) in [5.41, 5.74) is 8.61. The molecule has 5 heteroatoms. The summed E-state index contributed by atoms with van der Waals surface area (Å²) in [6.45, 7) is 0. The van der Waals surface area contributed by atoms with Gasteiger partial charge >= 0.3 is 0 Å². The number of aromatic nitrogens is 2. The number of H-pyrrole nitrogens is 1. The Kier molecular flexibility index (Phi) is 1.39. The summed E-state index contributed by atoms with van der Waals surface area (Å²) in [6, 6.07) is 1.71. The first-order valence-corrected chi connectivity index (χ1v) is 5.66. The lowest BCUT2D eigenvalue weighted by Crippen LogP contribution is -2.15. The summed E-state index contributed by atoms with van der Waals surface area (Å²) in [5, 5.41) is 7.11. The number of nitrogens with one attached hydrogen (secondary N) is 1. The maximum atomic E-state index is 11.1. The minimum atomic E-state index is -0.523. The van der Waals surface area contributed by atoms with E-state index in [4.69, 9.17) is 10.2 Å². The topological polar surface area (TPSA) is 84.9 Å². The van der Waals surface area contributed by atoms with Crippen molar-refractivity contribution in [3.05, 3.63) is 29.3 Å². The summed E-state index contributed by atoms with van der Waals surface area (Å²) in [6.07, 6.45) is 5.06. The van der Waals surface area contributed by atoms with E-state index in [0.29, 0.717) is 0 Å². The molecule has 4 rings (SSSR count). The molecule has 0 saturated heterocycles. The van der Waals surface area contributed by atoms with Crippen molar-refractivity contribution in [1.82, 2.24) is 10.2 Å². The number of rotatable bonds is 1. The van der Waals surface area contributed by atoms with Crippen LogP contribution in [-0.4, -0.2) is 16.1 Å². The highest BCUT2D eigenvalue weighted by Gasteiger charge is 2.50. The summed E-state index contributed by atoms with van der Waals surface area (Å²) < 4.78 is 5.55. The fourth-order valence-corrected chi connectivity index (χ4v) is 2.79. The van der Waals surface area contributed by atoms with Crippen LogP contribution in [-0.2, 0) is 11.8 Å². The predicted octanol–water partition coefficient (Wildman–Crippen LogP) is 1.36. The van der Waals surface area contributed by atoms with Gasteiger partial charge in [0, 0.05) is 23.0 Å². The van der Waals surface area contributed by atoms with E-state index >= 15 is 0 Å². The summed E-state index contributed by atoms with van der Waals surface area (Å²) in [4.78, 5) is 11.1. The van der Waals surface area contributed by atoms with Crippen LogP contribution in [0.25, 0.3) is 11.3 Å². The Bertz CT molecular complexity index is 634. The van der Waals surface area contributed by atoms with Crippen LogP contribution >= 0.6 is 0 Å². The van der Waals surface area contributed by atoms with E-state index in [1.807, 2.05) is 6.20 Å². The van der Waals surface area contributed by atoms with E-state index in [9.17, 15) is 4.79 Å². The zero-order valence-electron chi connectivity index (χ0n) is 9.12. The van der Waals surface area contributed by atoms with Crippen LogP contribution in [0.2, 0.25) is 0 Å². The van der Waals surface area contributed by atoms with Crippen LogP contribution in [0.15, 0.2) is 16.7 Å². The molecule has 2 aromatic rings. The Morgan fingerprint density at radius 3 is 3.06 bits per heavy atom. The van der Waals surface area contributed by atoms with Crippen LogP contribution in [0.5, 0.6) is 0 Å². The van der Waals surface area contributed by atoms with Gasteiger partial charge in [-0.25, -0.2) is 0 Å². The smallest absolute Gasteiger partial charge is 0.284 e. The van der Waals surface area contributed by atoms with Gasteiger partial charge in [0.05, 0.1) is 11.9 Å². The first kappa shape index (κ1) is 9.04. The Morgan fingerprint density at radius 1 is 1.53 bits per heavy atom. The number of fused-ring (bicyclic) bond motifs is 4. The number of nitrogens with zero attached hydrogens (tertiary/aromatic N) is 1. The van der Waals surface area contributed by atoms with Gasteiger partial charge in [0.15, 0.2) is 5.76 Å².